The Morgan fingerprint density at radius 3 is 2.50 bits per heavy atom. The van der Waals surface area contributed by atoms with Crippen LogP contribution >= 0.6 is 11.6 Å². The van der Waals surface area contributed by atoms with Crippen molar-refractivity contribution in [3.63, 3.8) is 0 Å². The summed E-state index contributed by atoms with van der Waals surface area (Å²) < 4.78 is 26.6. The molecule has 106 valence electrons. The molecule has 1 atom stereocenters. The lowest BCUT2D eigenvalue weighted by Crippen LogP contribution is -2.32. The van der Waals surface area contributed by atoms with Gasteiger partial charge in [-0.3, -0.25) is 0 Å². The van der Waals surface area contributed by atoms with E-state index in [1.165, 1.54) is 6.07 Å². The molecule has 0 aromatic heterocycles. The SMILES string of the molecule is Fc1ccc(F)c(CNC(CCl)Cc2ccccc2)c1. The van der Waals surface area contributed by atoms with E-state index in [-0.39, 0.29) is 12.6 Å². The zero-order valence-electron chi connectivity index (χ0n) is 11.0. The van der Waals surface area contributed by atoms with Gasteiger partial charge in [0.2, 0.25) is 0 Å². The van der Waals surface area contributed by atoms with Crippen molar-refractivity contribution in [2.24, 2.45) is 0 Å². The molecule has 0 aliphatic rings. The van der Waals surface area contributed by atoms with Crippen molar-refractivity contribution in [2.75, 3.05) is 5.88 Å². The Bertz CT molecular complexity index is 545. The molecule has 0 fully saturated rings. The smallest absolute Gasteiger partial charge is 0.127 e. The second-order valence-electron chi connectivity index (χ2n) is 4.66. The van der Waals surface area contributed by atoms with Gasteiger partial charge in [0, 0.05) is 24.0 Å². The summed E-state index contributed by atoms with van der Waals surface area (Å²) in [6.07, 6.45) is 0.751. The Morgan fingerprint density at radius 2 is 1.80 bits per heavy atom. The van der Waals surface area contributed by atoms with Crippen LogP contribution in [0.3, 0.4) is 0 Å². The predicted molar refractivity (Wildman–Crippen MR) is 77.9 cm³/mol. The Labute approximate surface area is 122 Å². The minimum Gasteiger partial charge on any atom is -0.308 e. The summed E-state index contributed by atoms with van der Waals surface area (Å²) in [5, 5.41) is 3.16. The average Bonchev–Trinajstić information content (AvgIpc) is 2.47. The quantitative estimate of drug-likeness (QED) is 0.797. The molecule has 0 saturated heterocycles. The zero-order valence-corrected chi connectivity index (χ0v) is 11.7. The first kappa shape index (κ1) is 14.9. The summed E-state index contributed by atoms with van der Waals surface area (Å²) in [6, 6.07) is 13.4. The first-order valence-corrected chi connectivity index (χ1v) is 6.99. The van der Waals surface area contributed by atoms with Gasteiger partial charge in [0.15, 0.2) is 0 Å². The molecule has 0 radical (unpaired) electrons. The van der Waals surface area contributed by atoms with Crippen molar-refractivity contribution in [3.8, 4) is 0 Å². The second kappa shape index (κ2) is 7.36. The van der Waals surface area contributed by atoms with Crippen LogP contribution in [0.15, 0.2) is 48.5 Å². The van der Waals surface area contributed by atoms with Gasteiger partial charge in [0.25, 0.3) is 0 Å². The number of nitrogens with one attached hydrogen (secondary N) is 1. The van der Waals surface area contributed by atoms with Crippen LogP contribution in [0.4, 0.5) is 8.78 Å². The summed E-state index contributed by atoms with van der Waals surface area (Å²) in [5.41, 5.74) is 1.47. The van der Waals surface area contributed by atoms with Crippen molar-refractivity contribution in [1.82, 2.24) is 5.32 Å². The number of hydrogen-bond acceptors (Lipinski definition) is 1. The van der Waals surface area contributed by atoms with Crippen LogP contribution in [0, 0.1) is 11.6 Å². The first-order valence-electron chi connectivity index (χ1n) is 6.46. The van der Waals surface area contributed by atoms with Gasteiger partial charge >= 0.3 is 0 Å². The third kappa shape index (κ3) is 4.29. The summed E-state index contributed by atoms with van der Waals surface area (Å²) >= 11 is 5.92. The number of alkyl halides is 1. The van der Waals surface area contributed by atoms with Crippen LogP contribution < -0.4 is 5.32 Å². The zero-order chi connectivity index (χ0) is 14.4. The van der Waals surface area contributed by atoms with Crippen LogP contribution in [0.2, 0.25) is 0 Å². The van der Waals surface area contributed by atoms with E-state index in [2.05, 4.69) is 5.32 Å². The van der Waals surface area contributed by atoms with Gasteiger partial charge in [0.1, 0.15) is 11.6 Å². The fourth-order valence-corrected chi connectivity index (χ4v) is 2.23. The predicted octanol–water partition coefficient (Wildman–Crippen LogP) is 3.90. The Hall–Kier alpha value is -1.45. The maximum absolute atomic E-state index is 13.5. The van der Waals surface area contributed by atoms with E-state index in [9.17, 15) is 8.78 Å². The third-order valence-electron chi connectivity index (χ3n) is 3.10. The maximum atomic E-state index is 13.5. The van der Waals surface area contributed by atoms with Gasteiger partial charge < -0.3 is 5.32 Å². The lowest BCUT2D eigenvalue weighted by atomic mass is 10.1. The van der Waals surface area contributed by atoms with E-state index in [1.54, 1.807) is 0 Å². The van der Waals surface area contributed by atoms with Gasteiger partial charge in [-0.05, 0) is 30.2 Å². The number of halogens is 3. The van der Waals surface area contributed by atoms with Crippen molar-refractivity contribution in [2.45, 2.75) is 19.0 Å². The van der Waals surface area contributed by atoms with Gasteiger partial charge in [-0.1, -0.05) is 30.3 Å². The molecule has 2 rings (SSSR count). The van der Waals surface area contributed by atoms with Crippen molar-refractivity contribution in [3.05, 3.63) is 71.3 Å². The first-order chi connectivity index (χ1) is 9.69. The largest absolute Gasteiger partial charge is 0.308 e. The average molecular weight is 296 g/mol. The van der Waals surface area contributed by atoms with E-state index >= 15 is 0 Å². The molecule has 1 unspecified atom stereocenters. The highest BCUT2D eigenvalue weighted by Gasteiger charge is 2.10. The van der Waals surface area contributed by atoms with Crippen molar-refractivity contribution in [1.29, 1.82) is 0 Å². The molecule has 1 N–H and O–H groups in total. The molecule has 0 amide bonds. The van der Waals surface area contributed by atoms with Crippen LogP contribution in [0.25, 0.3) is 0 Å². The molecule has 2 aromatic rings. The molecule has 0 saturated carbocycles. The van der Waals surface area contributed by atoms with Crippen molar-refractivity contribution < 1.29 is 8.78 Å². The molecule has 2 aromatic carbocycles. The lowest BCUT2D eigenvalue weighted by molar-refractivity contribution is 0.523. The third-order valence-corrected chi connectivity index (χ3v) is 3.47. The molecule has 20 heavy (non-hydrogen) atoms. The van der Waals surface area contributed by atoms with Crippen LogP contribution in [-0.2, 0) is 13.0 Å². The van der Waals surface area contributed by atoms with Gasteiger partial charge in [0.05, 0.1) is 0 Å². The monoisotopic (exact) mass is 295 g/mol. The molecule has 0 aliphatic heterocycles. The van der Waals surface area contributed by atoms with E-state index < -0.39 is 11.6 Å². The van der Waals surface area contributed by atoms with E-state index in [4.69, 9.17) is 11.6 Å². The number of rotatable bonds is 6. The molecule has 0 bridgehead atoms. The minimum absolute atomic E-state index is 0.0155. The summed E-state index contributed by atoms with van der Waals surface area (Å²) in [6.45, 7) is 0.258. The normalized spacial score (nSPS) is 12.3. The molecule has 4 heteroatoms. The van der Waals surface area contributed by atoms with E-state index in [1.807, 2.05) is 30.3 Å². The van der Waals surface area contributed by atoms with Gasteiger partial charge in [-0.15, -0.1) is 11.6 Å². The second-order valence-corrected chi connectivity index (χ2v) is 4.97. The molecule has 0 heterocycles. The Balaban J connectivity index is 1.95. The van der Waals surface area contributed by atoms with E-state index in [0.717, 1.165) is 24.1 Å². The number of benzene rings is 2. The fraction of sp³-hybridized carbons (Fsp3) is 0.250. The molecular formula is C16H16ClF2N. The standard InChI is InChI=1S/C16H16ClF2N/c17-10-15(8-12-4-2-1-3-5-12)20-11-13-9-14(18)6-7-16(13)19/h1-7,9,15,20H,8,10-11H2. The lowest BCUT2D eigenvalue weighted by Gasteiger charge is -2.16. The molecule has 0 aliphatic carbocycles. The van der Waals surface area contributed by atoms with Gasteiger partial charge in [-0.2, -0.15) is 0 Å². The fourth-order valence-electron chi connectivity index (χ4n) is 2.01. The van der Waals surface area contributed by atoms with Crippen LogP contribution in [0.1, 0.15) is 11.1 Å². The maximum Gasteiger partial charge on any atom is 0.127 e. The Kier molecular flexibility index (Phi) is 5.50. The summed E-state index contributed by atoms with van der Waals surface area (Å²) in [4.78, 5) is 0. The number of hydrogen-bond donors (Lipinski definition) is 1. The van der Waals surface area contributed by atoms with Crippen LogP contribution in [0.5, 0.6) is 0 Å². The molecule has 0 spiro atoms. The summed E-state index contributed by atoms with van der Waals surface area (Å²) in [7, 11) is 0. The Morgan fingerprint density at radius 1 is 1.05 bits per heavy atom. The molecular weight excluding hydrogens is 280 g/mol. The highest BCUT2D eigenvalue weighted by molar-refractivity contribution is 6.18. The van der Waals surface area contributed by atoms with Crippen molar-refractivity contribution >= 4 is 11.6 Å². The molecule has 1 nitrogen and oxygen atoms in total. The topological polar surface area (TPSA) is 12.0 Å². The van der Waals surface area contributed by atoms with Crippen LogP contribution in [-0.4, -0.2) is 11.9 Å². The van der Waals surface area contributed by atoms with Gasteiger partial charge in [-0.25, -0.2) is 8.78 Å². The summed E-state index contributed by atoms with van der Waals surface area (Å²) in [5.74, 6) is -0.438. The highest BCUT2D eigenvalue weighted by Crippen LogP contribution is 2.11. The van der Waals surface area contributed by atoms with E-state index in [0.29, 0.717) is 11.4 Å². The minimum atomic E-state index is -0.436. The highest BCUT2D eigenvalue weighted by atomic mass is 35.5.